The fourth-order valence-corrected chi connectivity index (χ4v) is 2.29. The number of thioether (sulfide) groups is 1. The number of hydrogen-bond acceptors (Lipinski definition) is 4. The lowest BCUT2D eigenvalue weighted by Gasteiger charge is -2.07. The Hall–Kier alpha value is -0.760. The van der Waals surface area contributed by atoms with E-state index in [0.29, 0.717) is 23.3 Å². The van der Waals surface area contributed by atoms with Crippen molar-refractivity contribution in [2.75, 3.05) is 5.75 Å². The molecule has 1 aromatic rings. The van der Waals surface area contributed by atoms with Crippen LogP contribution in [0.4, 0.5) is 13.2 Å². The molecule has 1 rings (SSSR count). The van der Waals surface area contributed by atoms with Crippen LogP contribution >= 0.6 is 11.8 Å². The van der Waals surface area contributed by atoms with Crippen molar-refractivity contribution in [3.8, 4) is 0 Å². The lowest BCUT2D eigenvalue weighted by atomic mass is 10.3. The summed E-state index contributed by atoms with van der Waals surface area (Å²) in [5.74, 6) is 1.04. The summed E-state index contributed by atoms with van der Waals surface area (Å²) < 4.78 is 37.6. The van der Waals surface area contributed by atoms with Gasteiger partial charge in [0.1, 0.15) is 5.82 Å². The first-order chi connectivity index (χ1) is 7.98. The van der Waals surface area contributed by atoms with E-state index >= 15 is 0 Å². The lowest BCUT2D eigenvalue weighted by molar-refractivity contribution is -0.134. The van der Waals surface area contributed by atoms with Crippen LogP contribution in [0.25, 0.3) is 0 Å². The van der Waals surface area contributed by atoms with Crippen molar-refractivity contribution in [3.63, 3.8) is 0 Å². The van der Waals surface area contributed by atoms with Gasteiger partial charge in [-0.15, -0.1) is 10.2 Å². The molecule has 1 aromatic heterocycles. The van der Waals surface area contributed by atoms with E-state index in [1.54, 1.807) is 0 Å². The molecular weight excluding hydrogens is 253 g/mol. The molecule has 4 nitrogen and oxygen atoms in total. The van der Waals surface area contributed by atoms with E-state index in [0.717, 1.165) is 0 Å². The summed E-state index contributed by atoms with van der Waals surface area (Å²) in [6.45, 7) is 2.87. The Morgan fingerprint density at radius 1 is 1.35 bits per heavy atom. The highest BCUT2D eigenvalue weighted by Crippen LogP contribution is 2.24. The van der Waals surface area contributed by atoms with Crippen molar-refractivity contribution < 1.29 is 13.2 Å². The van der Waals surface area contributed by atoms with Gasteiger partial charge in [-0.1, -0.05) is 11.8 Å². The van der Waals surface area contributed by atoms with Gasteiger partial charge in [-0.2, -0.15) is 13.2 Å². The van der Waals surface area contributed by atoms with E-state index in [2.05, 4.69) is 10.2 Å². The quantitative estimate of drug-likeness (QED) is 0.634. The molecule has 0 spiro atoms. The average molecular weight is 268 g/mol. The standard InChI is InChI=1S/C9H15F3N4S/c1-2-16-7(6-13)14-15-8(16)17-5-3-4-9(10,11)12/h2-6,13H2,1H3. The minimum atomic E-state index is -4.08. The Labute approximate surface area is 102 Å². The number of rotatable bonds is 6. The summed E-state index contributed by atoms with van der Waals surface area (Å²) in [4.78, 5) is 0. The van der Waals surface area contributed by atoms with Gasteiger partial charge in [0.2, 0.25) is 0 Å². The highest BCUT2D eigenvalue weighted by atomic mass is 32.2. The molecule has 0 saturated heterocycles. The molecular formula is C9H15F3N4S. The molecule has 0 aliphatic heterocycles. The molecule has 0 aliphatic carbocycles. The van der Waals surface area contributed by atoms with Crippen LogP contribution < -0.4 is 5.73 Å². The van der Waals surface area contributed by atoms with Gasteiger partial charge in [0.25, 0.3) is 0 Å². The second-order valence-corrected chi connectivity index (χ2v) is 4.48. The molecule has 0 aliphatic rings. The van der Waals surface area contributed by atoms with Gasteiger partial charge >= 0.3 is 6.18 Å². The van der Waals surface area contributed by atoms with Crippen molar-refractivity contribution in [3.05, 3.63) is 5.82 Å². The molecule has 0 fully saturated rings. The van der Waals surface area contributed by atoms with E-state index in [4.69, 9.17) is 5.73 Å². The van der Waals surface area contributed by atoms with Crippen LogP contribution in [0.1, 0.15) is 25.6 Å². The minimum Gasteiger partial charge on any atom is -0.324 e. The summed E-state index contributed by atoms with van der Waals surface area (Å²) in [6, 6.07) is 0. The van der Waals surface area contributed by atoms with Crippen molar-refractivity contribution in [1.82, 2.24) is 14.8 Å². The summed E-state index contributed by atoms with van der Waals surface area (Å²) in [6.07, 6.45) is -4.76. The summed E-state index contributed by atoms with van der Waals surface area (Å²) in [5, 5.41) is 8.42. The fourth-order valence-electron chi connectivity index (χ4n) is 1.33. The topological polar surface area (TPSA) is 56.7 Å². The van der Waals surface area contributed by atoms with Crippen molar-refractivity contribution in [2.24, 2.45) is 5.73 Å². The Morgan fingerprint density at radius 3 is 2.59 bits per heavy atom. The van der Waals surface area contributed by atoms with Crippen LogP contribution in [-0.4, -0.2) is 26.7 Å². The van der Waals surface area contributed by atoms with Crippen LogP contribution in [0.3, 0.4) is 0 Å². The normalized spacial score (nSPS) is 12.1. The Kier molecular flexibility index (Phi) is 5.26. The first-order valence-electron chi connectivity index (χ1n) is 5.29. The monoisotopic (exact) mass is 268 g/mol. The van der Waals surface area contributed by atoms with E-state index in [1.807, 2.05) is 11.5 Å². The largest absolute Gasteiger partial charge is 0.389 e. The zero-order valence-electron chi connectivity index (χ0n) is 9.50. The number of nitrogens with zero attached hydrogens (tertiary/aromatic N) is 3. The SMILES string of the molecule is CCn1c(CN)nnc1SCCCC(F)(F)F. The van der Waals surface area contributed by atoms with Crippen molar-refractivity contribution in [2.45, 2.75) is 44.2 Å². The highest BCUT2D eigenvalue weighted by molar-refractivity contribution is 7.99. The van der Waals surface area contributed by atoms with Crippen LogP contribution in [0.15, 0.2) is 5.16 Å². The smallest absolute Gasteiger partial charge is 0.324 e. The Bertz CT molecular complexity index is 351. The Balaban J connectivity index is 2.44. The second kappa shape index (κ2) is 6.25. The molecule has 2 N–H and O–H groups in total. The van der Waals surface area contributed by atoms with Crippen LogP contribution in [0, 0.1) is 0 Å². The molecule has 0 unspecified atom stereocenters. The van der Waals surface area contributed by atoms with Crippen molar-refractivity contribution >= 4 is 11.8 Å². The zero-order chi connectivity index (χ0) is 12.9. The first kappa shape index (κ1) is 14.3. The highest BCUT2D eigenvalue weighted by Gasteiger charge is 2.26. The third-order valence-corrected chi connectivity index (χ3v) is 3.18. The molecule has 98 valence electrons. The van der Waals surface area contributed by atoms with Gasteiger partial charge in [-0.25, -0.2) is 0 Å². The summed E-state index contributed by atoms with van der Waals surface area (Å²) >= 11 is 1.28. The van der Waals surface area contributed by atoms with E-state index < -0.39 is 12.6 Å². The number of alkyl halides is 3. The molecule has 8 heteroatoms. The fraction of sp³-hybridized carbons (Fsp3) is 0.778. The Morgan fingerprint density at radius 2 is 2.06 bits per heavy atom. The number of nitrogens with two attached hydrogens (primary N) is 1. The number of halogens is 3. The van der Waals surface area contributed by atoms with Gasteiger partial charge in [-0.05, 0) is 13.3 Å². The average Bonchev–Trinajstić information content (AvgIpc) is 2.65. The van der Waals surface area contributed by atoms with Crippen LogP contribution in [-0.2, 0) is 13.1 Å². The third-order valence-electron chi connectivity index (χ3n) is 2.13. The van der Waals surface area contributed by atoms with Gasteiger partial charge < -0.3 is 10.3 Å². The molecule has 0 aromatic carbocycles. The van der Waals surface area contributed by atoms with Crippen LogP contribution in [0.2, 0.25) is 0 Å². The number of aromatic nitrogens is 3. The molecule has 0 bridgehead atoms. The molecule has 0 saturated carbocycles. The molecule has 17 heavy (non-hydrogen) atoms. The summed E-state index contributed by atoms with van der Waals surface area (Å²) in [7, 11) is 0. The van der Waals surface area contributed by atoms with E-state index in [1.165, 1.54) is 11.8 Å². The van der Waals surface area contributed by atoms with Gasteiger partial charge in [0.15, 0.2) is 5.16 Å². The maximum atomic E-state index is 11.9. The lowest BCUT2D eigenvalue weighted by Crippen LogP contribution is -2.09. The van der Waals surface area contributed by atoms with Crippen molar-refractivity contribution in [1.29, 1.82) is 0 Å². The predicted octanol–water partition coefficient (Wildman–Crippen LogP) is 2.19. The molecule has 0 atom stereocenters. The third kappa shape index (κ3) is 4.55. The van der Waals surface area contributed by atoms with E-state index in [-0.39, 0.29) is 13.0 Å². The maximum absolute atomic E-state index is 11.9. The molecule has 1 heterocycles. The van der Waals surface area contributed by atoms with E-state index in [9.17, 15) is 13.2 Å². The molecule has 0 amide bonds. The molecule has 0 radical (unpaired) electrons. The zero-order valence-corrected chi connectivity index (χ0v) is 10.3. The minimum absolute atomic E-state index is 0.0860. The van der Waals surface area contributed by atoms with Crippen LogP contribution in [0.5, 0.6) is 0 Å². The first-order valence-corrected chi connectivity index (χ1v) is 6.28. The maximum Gasteiger partial charge on any atom is 0.389 e. The number of hydrogen-bond donors (Lipinski definition) is 1. The predicted molar refractivity (Wildman–Crippen MR) is 59.6 cm³/mol. The van der Waals surface area contributed by atoms with Gasteiger partial charge in [0, 0.05) is 18.7 Å². The van der Waals surface area contributed by atoms with Gasteiger partial charge in [0.05, 0.1) is 6.54 Å². The second-order valence-electron chi connectivity index (χ2n) is 3.41. The van der Waals surface area contributed by atoms with Gasteiger partial charge in [-0.3, -0.25) is 0 Å². The summed E-state index contributed by atoms with van der Waals surface area (Å²) in [5.41, 5.74) is 5.47.